The number of ether oxygens (including phenoxy) is 1. The zero-order valence-corrected chi connectivity index (χ0v) is 17.4. The van der Waals surface area contributed by atoms with Gasteiger partial charge in [-0.05, 0) is 35.9 Å². The molecule has 1 aromatic heterocycles. The molecule has 0 unspecified atom stereocenters. The van der Waals surface area contributed by atoms with Crippen LogP contribution in [0.4, 0.5) is 6.01 Å². The Labute approximate surface area is 176 Å². The van der Waals surface area contributed by atoms with Crippen LogP contribution in [0.25, 0.3) is 0 Å². The van der Waals surface area contributed by atoms with E-state index in [9.17, 15) is 13.2 Å². The number of anilines is 1. The lowest BCUT2D eigenvalue weighted by Crippen LogP contribution is -2.20. The highest BCUT2D eigenvalue weighted by Gasteiger charge is 2.13. The molecule has 1 amide bonds. The van der Waals surface area contributed by atoms with E-state index in [1.54, 1.807) is 24.3 Å². The van der Waals surface area contributed by atoms with Crippen LogP contribution in [-0.2, 0) is 21.1 Å². The van der Waals surface area contributed by atoms with Crippen LogP contribution in [0, 0.1) is 0 Å². The van der Waals surface area contributed by atoms with Gasteiger partial charge in [0.05, 0.1) is 16.3 Å². The Morgan fingerprint density at radius 2 is 1.86 bits per heavy atom. The molecule has 1 heterocycles. The van der Waals surface area contributed by atoms with E-state index in [0.717, 1.165) is 11.8 Å². The van der Waals surface area contributed by atoms with Crippen molar-refractivity contribution in [1.82, 2.24) is 10.2 Å². The Morgan fingerprint density at radius 3 is 2.52 bits per heavy atom. The standard InChI is InChI=1S/C18H15Cl2N3O5S/c1-29(25,26)13-5-2-11(3-6-13)8-17-22-23-18(28-17)21-16(24)10-27-15-7-4-12(19)9-14(15)20/h2-7,9H,8,10H2,1H3,(H,21,23,24). The van der Waals surface area contributed by atoms with Crippen LogP contribution in [0.1, 0.15) is 11.5 Å². The molecule has 1 N–H and O–H groups in total. The Hall–Kier alpha value is -2.62. The number of carbonyl (C=O) groups excluding carboxylic acids is 1. The first-order chi connectivity index (χ1) is 13.7. The van der Waals surface area contributed by atoms with E-state index in [1.165, 1.54) is 18.2 Å². The molecule has 3 aromatic rings. The molecule has 2 aromatic carbocycles. The van der Waals surface area contributed by atoms with Crippen molar-refractivity contribution in [2.24, 2.45) is 0 Å². The van der Waals surface area contributed by atoms with Crippen molar-refractivity contribution < 1.29 is 22.4 Å². The second-order valence-corrected chi connectivity index (χ2v) is 8.86. The SMILES string of the molecule is CS(=O)(=O)c1ccc(Cc2nnc(NC(=O)COc3ccc(Cl)cc3Cl)o2)cc1. The van der Waals surface area contributed by atoms with Crippen molar-refractivity contribution in [2.75, 3.05) is 18.2 Å². The number of benzene rings is 2. The van der Waals surface area contributed by atoms with E-state index < -0.39 is 15.7 Å². The highest BCUT2D eigenvalue weighted by molar-refractivity contribution is 7.90. The largest absolute Gasteiger partial charge is 0.482 e. The van der Waals surface area contributed by atoms with Crippen molar-refractivity contribution in [2.45, 2.75) is 11.3 Å². The maximum absolute atomic E-state index is 12.0. The summed E-state index contributed by atoms with van der Waals surface area (Å²) < 4.78 is 33.7. The van der Waals surface area contributed by atoms with Gasteiger partial charge in [-0.3, -0.25) is 10.1 Å². The summed E-state index contributed by atoms with van der Waals surface area (Å²) in [5, 5.41) is 10.8. The number of amides is 1. The number of hydrogen-bond donors (Lipinski definition) is 1. The van der Waals surface area contributed by atoms with Gasteiger partial charge in [-0.15, -0.1) is 5.10 Å². The maximum Gasteiger partial charge on any atom is 0.322 e. The van der Waals surface area contributed by atoms with Crippen LogP contribution < -0.4 is 10.1 Å². The molecule has 0 spiro atoms. The molecule has 8 nitrogen and oxygen atoms in total. The second kappa shape index (κ2) is 8.81. The summed E-state index contributed by atoms with van der Waals surface area (Å²) in [5.41, 5.74) is 0.777. The summed E-state index contributed by atoms with van der Waals surface area (Å²) in [4.78, 5) is 12.2. The van der Waals surface area contributed by atoms with Gasteiger partial charge in [0.1, 0.15) is 5.75 Å². The number of sulfone groups is 1. The van der Waals surface area contributed by atoms with Gasteiger partial charge in [-0.2, -0.15) is 0 Å². The van der Waals surface area contributed by atoms with Crippen molar-refractivity contribution in [3.8, 4) is 5.75 Å². The average Bonchev–Trinajstić information content (AvgIpc) is 3.07. The fourth-order valence-corrected chi connectivity index (χ4v) is 3.39. The van der Waals surface area contributed by atoms with Gasteiger partial charge in [0.15, 0.2) is 16.4 Å². The third-order valence-corrected chi connectivity index (χ3v) is 5.33. The Kier molecular flexibility index (Phi) is 6.41. The zero-order chi connectivity index (χ0) is 21.0. The molecular weight excluding hydrogens is 441 g/mol. The number of hydrogen-bond acceptors (Lipinski definition) is 7. The lowest BCUT2D eigenvalue weighted by molar-refractivity contribution is -0.118. The fourth-order valence-electron chi connectivity index (χ4n) is 2.30. The minimum atomic E-state index is -3.26. The number of rotatable bonds is 7. The Bertz CT molecular complexity index is 1130. The van der Waals surface area contributed by atoms with Crippen LogP contribution in [0.3, 0.4) is 0 Å². The third-order valence-electron chi connectivity index (χ3n) is 3.67. The molecule has 152 valence electrons. The van der Waals surface area contributed by atoms with Crippen LogP contribution in [0.5, 0.6) is 5.75 Å². The first-order valence-corrected chi connectivity index (χ1v) is 10.8. The minimum Gasteiger partial charge on any atom is -0.482 e. The van der Waals surface area contributed by atoms with Crippen LogP contribution >= 0.6 is 23.2 Å². The molecular formula is C18H15Cl2N3O5S. The van der Waals surface area contributed by atoms with Gasteiger partial charge in [0.25, 0.3) is 5.91 Å². The number of aromatic nitrogens is 2. The van der Waals surface area contributed by atoms with E-state index >= 15 is 0 Å². The highest BCUT2D eigenvalue weighted by atomic mass is 35.5. The number of nitrogens with zero attached hydrogens (tertiary/aromatic N) is 2. The van der Waals surface area contributed by atoms with Gasteiger partial charge < -0.3 is 9.15 Å². The molecule has 0 bridgehead atoms. The van der Waals surface area contributed by atoms with Crippen LogP contribution in [0.2, 0.25) is 10.0 Å². The smallest absolute Gasteiger partial charge is 0.322 e. The lowest BCUT2D eigenvalue weighted by atomic mass is 10.1. The van der Waals surface area contributed by atoms with E-state index in [2.05, 4.69) is 15.5 Å². The maximum atomic E-state index is 12.0. The molecule has 0 saturated carbocycles. The summed E-state index contributed by atoms with van der Waals surface area (Å²) >= 11 is 11.8. The lowest BCUT2D eigenvalue weighted by Gasteiger charge is -2.07. The van der Waals surface area contributed by atoms with Gasteiger partial charge in [-0.1, -0.05) is 40.4 Å². The quantitative estimate of drug-likeness (QED) is 0.580. The van der Waals surface area contributed by atoms with Crippen LogP contribution in [-0.4, -0.2) is 37.4 Å². The average molecular weight is 456 g/mol. The summed E-state index contributed by atoms with van der Waals surface area (Å²) in [6.45, 7) is -0.313. The third kappa shape index (κ3) is 5.93. The van der Waals surface area contributed by atoms with Crippen molar-refractivity contribution in [3.05, 3.63) is 64.0 Å². The number of halogens is 2. The fraction of sp³-hybridized carbons (Fsp3) is 0.167. The number of carbonyl (C=O) groups is 1. The molecule has 0 fully saturated rings. The van der Waals surface area contributed by atoms with E-state index in [1.807, 2.05) is 0 Å². The molecule has 0 atom stereocenters. The van der Waals surface area contributed by atoms with Crippen LogP contribution in [0.15, 0.2) is 51.8 Å². The van der Waals surface area contributed by atoms with E-state index in [0.29, 0.717) is 10.8 Å². The van der Waals surface area contributed by atoms with Gasteiger partial charge in [0.2, 0.25) is 5.89 Å². The molecule has 0 saturated heterocycles. The van der Waals surface area contributed by atoms with Crippen molar-refractivity contribution in [1.29, 1.82) is 0 Å². The highest BCUT2D eigenvalue weighted by Crippen LogP contribution is 2.27. The number of nitrogens with one attached hydrogen (secondary N) is 1. The predicted molar refractivity (Wildman–Crippen MR) is 107 cm³/mol. The summed E-state index contributed by atoms with van der Waals surface area (Å²) in [5.74, 6) is 0.0627. The second-order valence-electron chi connectivity index (χ2n) is 6.01. The first kappa shape index (κ1) is 21.1. The molecule has 0 aliphatic carbocycles. The summed E-state index contributed by atoms with van der Waals surface area (Å²) in [7, 11) is -3.26. The molecule has 0 aliphatic rings. The van der Waals surface area contributed by atoms with Gasteiger partial charge >= 0.3 is 6.01 Å². The van der Waals surface area contributed by atoms with Gasteiger partial charge in [0, 0.05) is 11.3 Å². The predicted octanol–water partition coefficient (Wildman–Crippen LogP) is 3.39. The monoisotopic (exact) mass is 455 g/mol. The molecule has 3 rings (SSSR count). The van der Waals surface area contributed by atoms with Crippen molar-refractivity contribution >= 4 is 45.0 Å². The zero-order valence-electron chi connectivity index (χ0n) is 15.1. The Balaban J connectivity index is 1.55. The topological polar surface area (TPSA) is 111 Å². The summed E-state index contributed by atoms with van der Waals surface area (Å²) in [6, 6.07) is 10.9. The normalized spacial score (nSPS) is 11.3. The minimum absolute atomic E-state index is 0.0800. The molecule has 29 heavy (non-hydrogen) atoms. The van der Waals surface area contributed by atoms with Crippen molar-refractivity contribution in [3.63, 3.8) is 0 Å². The molecule has 0 radical (unpaired) electrons. The van der Waals surface area contributed by atoms with E-state index in [4.69, 9.17) is 32.4 Å². The Morgan fingerprint density at radius 1 is 1.14 bits per heavy atom. The van der Waals surface area contributed by atoms with E-state index in [-0.39, 0.29) is 34.9 Å². The first-order valence-electron chi connectivity index (χ1n) is 8.20. The molecule has 11 heteroatoms. The van der Waals surface area contributed by atoms with Gasteiger partial charge in [-0.25, -0.2) is 8.42 Å². The summed E-state index contributed by atoms with van der Waals surface area (Å²) in [6.07, 6.45) is 1.42. The molecule has 0 aliphatic heterocycles.